The van der Waals surface area contributed by atoms with Crippen LogP contribution < -0.4 is 86.3 Å². The Kier molecular flexibility index (Phi) is 34.4. The number of carboxylic acids is 2. The number of carbonyl (C=O) groups is 15. The van der Waals surface area contributed by atoms with Gasteiger partial charge in [0, 0.05) is 72.7 Å². The highest BCUT2D eigenvalue weighted by Gasteiger charge is 2.39. The summed E-state index contributed by atoms with van der Waals surface area (Å²) in [6.07, 6.45) is -0.725. The summed E-state index contributed by atoms with van der Waals surface area (Å²) in [5, 5.41) is 73.0. The fraction of sp³-hybridized carbons (Fsp3) is 0.479. The highest BCUT2D eigenvalue weighted by atomic mass is 33.1. The molecule has 5 aromatic rings. The average Bonchev–Trinajstić information content (AvgIpc) is 1.75. The lowest BCUT2D eigenvalue weighted by Gasteiger charge is -2.29. The summed E-state index contributed by atoms with van der Waals surface area (Å²) in [5.74, 6) is -19.5. The van der Waals surface area contributed by atoms with E-state index in [1.54, 1.807) is 88.4 Å². The maximum atomic E-state index is 15.0. The number of carbonyl (C=O) groups excluding carboxylic acids is 13. The van der Waals surface area contributed by atoms with Crippen molar-refractivity contribution in [2.75, 3.05) is 24.6 Å². The summed E-state index contributed by atoms with van der Waals surface area (Å²) < 4.78 is 0. The van der Waals surface area contributed by atoms with Crippen molar-refractivity contribution in [3.05, 3.63) is 102 Å². The quantitative estimate of drug-likeness (QED) is 0.0123. The minimum atomic E-state index is -2.05. The Morgan fingerprint density at radius 1 is 0.658 bits per heavy atom. The van der Waals surface area contributed by atoms with E-state index in [9.17, 15) is 82.4 Å². The Labute approximate surface area is 645 Å². The summed E-state index contributed by atoms with van der Waals surface area (Å²) in [7, 11) is 1.65. The minimum Gasteiger partial charge on any atom is -0.481 e. The Morgan fingerprint density at radius 2 is 1.25 bits per heavy atom. The molecule has 1 aliphatic heterocycles. The van der Waals surface area contributed by atoms with E-state index >= 15 is 4.79 Å². The Bertz CT molecular complexity index is 4160. The van der Waals surface area contributed by atoms with Crippen LogP contribution in [-0.2, 0) is 91.2 Å². The van der Waals surface area contributed by atoms with E-state index in [1.807, 2.05) is 6.07 Å². The number of rotatable bonds is 24. The maximum absolute atomic E-state index is 15.0. The van der Waals surface area contributed by atoms with Gasteiger partial charge >= 0.3 is 11.9 Å². The predicted molar refractivity (Wildman–Crippen MR) is 408 cm³/mol. The molecular weight excluding hydrogens is 1490 g/mol. The van der Waals surface area contributed by atoms with Crippen LogP contribution in [-0.4, -0.2) is 228 Å². The van der Waals surface area contributed by atoms with Gasteiger partial charge in [-0.3, -0.25) is 72.5 Å². The molecular formula is C71H98N20O18S2. The predicted octanol–water partition coefficient (Wildman–Crippen LogP) is -3.57. The molecule has 14 atom stereocenters. The van der Waals surface area contributed by atoms with Gasteiger partial charge in [0.05, 0.1) is 31.4 Å². The summed E-state index contributed by atoms with van der Waals surface area (Å²) in [5.41, 5.74) is 19.2. The molecule has 3 heterocycles. The van der Waals surface area contributed by atoms with Crippen molar-refractivity contribution in [2.24, 2.45) is 29.0 Å². The zero-order valence-corrected chi connectivity index (χ0v) is 63.5. The number of benzene rings is 3. The van der Waals surface area contributed by atoms with Crippen LogP contribution in [0.15, 0.2) is 85.5 Å². The van der Waals surface area contributed by atoms with E-state index in [4.69, 9.17) is 22.6 Å². The molecule has 3 aromatic carbocycles. The van der Waals surface area contributed by atoms with Crippen LogP contribution in [0.2, 0.25) is 0 Å². The van der Waals surface area contributed by atoms with Crippen molar-refractivity contribution in [2.45, 2.75) is 178 Å². The molecule has 2 aromatic heterocycles. The third-order valence-electron chi connectivity index (χ3n) is 18.0. The van der Waals surface area contributed by atoms with E-state index < -0.39 is 217 Å². The first kappa shape index (κ1) is 88.5. The molecule has 0 bridgehead atoms. The number of aliphatic hydroxyl groups excluding tert-OH is 1. The van der Waals surface area contributed by atoms with Gasteiger partial charge in [0.1, 0.15) is 60.4 Å². The second-order valence-electron chi connectivity index (χ2n) is 27.1. The number of hydrogen-bond acceptors (Lipinski definition) is 21. The van der Waals surface area contributed by atoms with Crippen LogP contribution >= 0.6 is 21.6 Å². The number of aliphatic carboxylic acids is 2. The number of carboxylic acid groups (broad SMARTS) is 2. The van der Waals surface area contributed by atoms with Gasteiger partial charge in [-0.15, -0.1) is 0 Å². The number of imidazole rings is 1. The zero-order valence-electron chi connectivity index (χ0n) is 61.9. The summed E-state index contributed by atoms with van der Waals surface area (Å²) >= 11 is 0. The van der Waals surface area contributed by atoms with Crippen molar-refractivity contribution >= 4 is 138 Å². The standard InChI is InChI=1S/C71H98N20O18S2/c1-7-35(4)56(73)68(106)89-52-32-111-110-31-51(67(105)91-58(37(6)92)70(108)109)88-61(99)45(17-12-22-77-71(74)75)82-64(102)49(26-42-29-76-33-80-42)84-59(97)36(5)81-54(94)30-79-60(98)48(25-41-28-78-44-16-11-10-15-43(41)44)85-65(103)50(27-55(95)96)86-62(100)46(20-21-53(72)93)83-63(101)47(87-69(107)57(34(2)3)90-66(52)104)24-38-18-19-39-13-8-9-14-40(39)23-38/h8-11,13-16,18-19,23,28-29,33-37,45-52,56-58,78,92H,7,12,17,20-22,24-27,30-32,73H2,1-6H3,(H2,72,93)(H,76,80)(H,79,98)(H,81,94)(H,82,102)(H,83,101)(H,84,97)(H,85,103)(H,86,100)(H,87,107)(H,88,99)(H,89,106)(H,90,104)(H,91,105)(H,95,96)(H,108,109)(H4,74,75,77)/t35-,36-,37+,45-,46-,47-,48-,49-,50-,51-,52-,56-,57-,58-/m0/s1. The van der Waals surface area contributed by atoms with Crippen molar-refractivity contribution in [1.29, 1.82) is 5.41 Å². The van der Waals surface area contributed by atoms with Gasteiger partial charge in [-0.05, 0) is 72.9 Å². The number of fused-ring (bicyclic) bond motifs is 2. The van der Waals surface area contributed by atoms with Crippen molar-refractivity contribution in [3.63, 3.8) is 0 Å². The van der Waals surface area contributed by atoms with Gasteiger partial charge < -0.3 is 112 Å². The molecule has 0 spiro atoms. The van der Waals surface area contributed by atoms with Crippen molar-refractivity contribution in [1.82, 2.24) is 84.1 Å². The third kappa shape index (κ3) is 27.9. The lowest BCUT2D eigenvalue weighted by Crippen LogP contribution is -2.61. The molecule has 0 saturated carbocycles. The molecule has 1 aliphatic rings. The van der Waals surface area contributed by atoms with E-state index in [0.717, 1.165) is 33.9 Å². The number of amides is 13. The average molecular weight is 1580 g/mol. The van der Waals surface area contributed by atoms with E-state index in [-0.39, 0.29) is 50.1 Å². The molecule has 1 saturated heterocycles. The molecule has 0 unspecified atom stereocenters. The van der Waals surface area contributed by atoms with Gasteiger partial charge in [0.25, 0.3) is 0 Å². The molecule has 13 amide bonds. The van der Waals surface area contributed by atoms with Gasteiger partial charge in [-0.2, -0.15) is 0 Å². The highest BCUT2D eigenvalue weighted by molar-refractivity contribution is 8.76. The topological polar surface area (TPSA) is 620 Å². The van der Waals surface area contributed by atoms with Crippen molar-refractivity contribution < 1.29 is 87.2 Å². The van der Waals surface area contributed by atoms with Crippen molar-refractivity contribution in [3.8, 4) is 0 Å². The maximum Gasteiger partial charge on any atom is 0.328 e. The smallest absolute Gasteiger partial charge is 0.328 e. The van der Waals surface area contributed by atoms with Crippen LogP contribution in [0.1, 0.15) is 96.9 Å². The number of primary amides is 1. The highest BCUT2D eigenvalue weighted by Crippen LogP contribution is 2.25. The van der Waals surface area contributed by atoms with Gasteiger partial charge in [0.2, 0.25) is 76.8 Å². The van der Waals surface area contributed by atoms with E-state index in [0.29, 0.717) is 33.8 Å². The van der Waals surface area contributed by atoms with Crippen LogP contribution in [0.25, 0.3) is 21.7 Å². The number of para-hydroxylation sites is 1. The van der Waals surface area contributed by atoms with E-state index in [2.05, 4.69) is 84.1 Å². The number of aromatic amines is 2. The summed E-state index contributed by atoms with van der Waals surface area (Å²) in [6, 6.07) is -0.789. The number of aliphatic hydroxyl groups is 1. The number of guanidine groups is 1. The van der Waals surface area contributed by atoms with Crippen LogP contribution in [0.5, 0.6) is 0 Å². The number of aromatic nitrogens is 3. The molecule has 0 aliphatic carbocycles. The Hall–Kier alpha value is -11.4. The second kappa shape index (κ2) is 43.1. The number of nitrogens with two attached hydrogens (primary N) is 3. The SMILES string of the molecule is CC[C@H](C)[C@H](N)C(=O)N[C@H]1CSSC[C@@H](C(=O)N[C@H](C(=O)O)[C@@H](C)O)NC(=O)[C@H](CCCNC(=N)N)NC(=O)[C@H](Cc2cnc[nH]2)NC(=O)[C@H](C)NC(=O)CNC(=O)[C@H](Cc2c[nH]c3ccccc23)NC(=O)[C@H](CC(=O)O)NC(=O)[C@H](CCC(N)=O)NC(=O)[C@H](Cc2ccc3ccccc3c2)NC(=O)[C@H](C(C)C)NC1=O. The zero-order chi connectivity index (χ0) is 81.8. The summed E-state index contributed by atoms with van der Waals surface area (Å²) in [4.78, 5) is 221. The molecule has 1 fully saturated rings. The molecule has 602 valence electrons. The fourth-order valence-electron chi connectivity index (χ4n) is 11.5. The molecule has 38 nitrogen and oxygen atoms in total. The molecule has 25 N–H and O–H groups in total. The molecule has 40 heteroatoms. The number of nitrogens with zero attached hydrogens (tertiary/aromatic N) is 1. The van der Waals surface area contributed by atoms with E-state index in [1.165, 1.54) is 25.6 Å². The second-order valence-corrected chi connectivity index (χ2v) is 29.6. The minimum absolute atomic E-state index is 0.00413. The van der Waals surface area contributed by atoms with Crippen LogP contribution in [0.4, 0.5) is 0 Å². The molecule has 111 heavy (non-hydrogen) atoms. The fourth-order valence-corrected chi connectivity index (χ4v) is 13.8. The Morgan fingerprint density at radius 3 is 1.89 bits per heavy atom. The normalized spacial score (nSPS) is 22.9. The molecule has 0 radical (unpaired) electrons. The van der Waals surface area contributed by atoms with Gasteiger partial charge in [0.15, 0.2) is 12.0 Å². The lowest BCUT2D eigenvalue weighted by molar-refractivity contribution is -0.145. The molecule has 6 rings (SSSR count). The third-order valence-corrected chi connectivity index (χ3v) is 20.5. The number of hydrogen-bond donors (Lipinski definition) is 22. The van der Waals surface area contributed by atoms with Gasteiger partial charge in [-0.25, -0.2) is 9.78 Å². The number of H-pyrrole nitrogens is 2. The van der Waals surface area contributed by atoms with Crippen LogP contribution in [0, 0.1) is 17.2 Å². The summed E-state index contributed by atoms with van der Waals surface area (Å²) in [6.45, 7) is 7.94. The van der Waals surface area contributed by atoms with Crippen LogP contribution in [0.3, 0.4) is 0 Å². The first-order valence-electron chi connectivity index (χ1n) is 35.7. The largest absolute Gasteiger partial charge is 0.481 e. The number of nitrogens with one attached hydrogen (secondary N) is 16. The Balaban J connectivity index is 1.46. The van der Waals surface area contributed by atoms with Gasteiger partial charge in [-0.1, -0.05) is 116 Å². The first-order chi connectivity index (χ1) is 52.6. The monoisotopic (exact) mass is 1580 g/mol. The lowest BCUT2D eigenvalue weighted by atomic mass is 9.98. The first-order valence-corrected chi connectivity index (χ1v) is 38.2.